The Morgan fingerprint density at radius 2 is 2.14 bits per heavy atom. The second-order valence-electron chi connectivity index (χ2n) is 4.64. The van der Waals surface area contributed by atoms with E-state index in [9.17, 15) is 9.90 Å². The Hall–Kier alpha value is -2.15. The Bertz CT molecular complexity index is 500. The van der Waals surface area contributed by atoms with Gasteiger partial charge in [0.2, 0.25) is 6.79 Å². The van der Waals surface area contributed by atoms with E-state index in [1.54, 1.807) is 13.1 Å². The van der Waals surface area contributed by atoms with Crippen molar-refractivity contribution in [2.75, 3.05) is 32.8 Å². The van der Waals surface area contributed by atoms with E-state index in [-0.39, 0.29) is 24.6 Å². The summed E-state index contributed by atoms with van der Waals surface area (Å²) in [5.74, 6) is 1.29. The Kier molecular flexibility index (Phi) is 5.10. The highest BCUT2D eigenvalue weighted by Gasteiger charge is 2.21. The molecular formula is C14H20N2O5. The van der Waals surface area contributed by atoms with Crippen molar-refractivity contribution in [2.24, 2.45) is 0 Å². The lowest BCUT2D eigenvalue weighted by molar-refractivity contribution is -0.142. The molecule has 0 aromatic heterocycles. The lowest BCUT2D eigenvalue weighted by atomic mass is 10.2. The maximum Gasteiger partial charge on any atom is 0.322 e. The number of carbonyl (C=O) groups is 1. The number of hydrogen-bond donors (Lipinski definition) is 3. The molecule has 7 nitrogen and oxygen atoms in total. The number of esters is 1. The van der Waals surface area contributed by atoms with Crippen molar-refractivity contribution in [3.63, 3.8) is 0 Å². The number of anilines is 1. The fourth-order valence-corrected chi connectivity index (χ4v) is 2.16. The molecule has 1 aromatic rings. The highest BCUT2D eigenvalue weighted by molar-refractivity contribution is 5.75. The summed E-state index contributed by atoms with van der Waals surface area (Å²) in [6.45, 7) is 1.17. The molecule has 0 spiro atoms. The third-order valence-corrected chi connectivity index (χ3v) is 3.31. The Balaban J connectivity index is 0.000000161. The average molecular weight is 296 g/mol. The largest absolute Gasteiger partial charge is 0.506 e. The van der Waals surface area contributed by atoms with Gasteiger partial charge in [-0.2, -0.15) is 0 Å². The molecule has 0 saturated carbocycles. The van der Waals surface area contributed by atoms with E-state index in [4.69, 9.17) is 9.47 Å². The summed E-state index contributed by atoms with van der Waals surface area (Å²) in [6.07, 6.45) is 2.01. The van der Waals surface area contributed by atoms with Crippen LogP contribution in [0.1, 0.15) is 12.8 Å². The molecule has 1 aromatic carbocycles. The molecule has 7 heteroatoms. The van der Waals surface area contributed by atoms with Crippen LogP contribution in [0.3, 0.4) is 0 Å². The van der Waals surface area contributed by atoms with Crippen LogP contribution in [-0.2, 0) is 9.53 Å². The SMILES string of the molecule is CNc1cc2c(cc1O)OCO2.COC(=O)C1CCCN1. The average Bonchev–Trinajstić information content (AvgIpc) is 3.17. The molecular weight excluding hydrogens is 276 g/mol. The smallest absolute Gasteiger partial charge is 0.322 e. The van der Waals surface area contributed by atoms with E-state index >= 15 is 0 Å². The van der Waals surface area contributed by atoms with Crippen LogP contribution >= 0.6 is 0 Å². The Labute approximate surface area is 123 Å². The van der Waals surface area contributed by atoms with Crippen molar-refractivity contribution in [3.8, 4) is 17.2 Å². The monoisotopic (exact) mass is 296 g/mol. The number of carbonyl (C=O) groups excluding carboxylic acids is 1. The maximum absolute atomic E-state index is 10.7. The van der Waals surface area contributed by atoms with Crippen LogP contribution in [0, 0.1) is 0 Å². The zero-order valence-electron chi connectivity index (χ0n) is 12.1. The fraction of sp³-hybridized carbons (Fsp3) is 0.500. The van der Waals surface area contributed by atoms with Crippen LogP contribution < -0.4 is 20.1 Å². The predicted molar refractivity (Wildman–Crippen MR) is 76.8 cm³/mol. The van der Waals surface area contributed by atoms with Gasteiger partial charge >= 0.3 is 5.97 Å². The van der Waals surface area contributed by atoms with Crippen LogP contribution in [-0.4, -0.2) is 44.6 Å². The molecule has 3 N–H and O–H groups in total. The molecule has 0 bridgehead atoms. The van der Waals surface area contributed by atoms with Crippen LogP contribution in [0.25, 0.3) is 0 Å². The van der Waals surface area contributed by atoms with Crippen LogP contribution in [0.15, 0.2) is 12.1 Å². The molecule has 1 fully saturated rings. The van der Waals surface area contributed by atoms with E-state index in [1.165, 1.54) is 13.2 Å². The topological polar surface area (TPSA) is 89.1 Å². The van der Waals surface area contributed by atoms with E-state index < -0.39 is 0 Å². The van der Waals surface area contributed by atoms with Gasteiger partial charge in [0.15, 0.2) is 11.5 Å². The Morgan fingerprint density at radius 3 is 2.71 bits per heavy atom. The lowest BCUT2D eigenvalue weighted by Gasteiger charge is -2.04. The minimum Gasteiger partial charge on any atom is -0.506 e. The standard InChI is InChI=1S/C8H9NO3.C6H11NO2/c1-9-5-2-7-8(3-6(5)10)12-4-11-7;1-9-6(8)5-3-2-4-7-5/h2-3,9-10H,4H2,1H3;5,7H,2-4H2,1H3. The van der Waals surface area contributed by atoms with E-state index in [0.29, 0.717) is 17.2 Å². The normalized spacial score (nSPS) is 18.7. The van der Waals surface area contributed by atoms with Crippen molar-refractivity contribution < 1.29 is 24.1 Å². The van der Waals surface area contributed by atoms with Crippen LogP contribution in [0.2, 0.25) is 0 Å². The maximum atomic E-state index is 10.7. The van der Waals surface area contributed by atoms with Gasteiger partial charge in [0.1, 0.15) is 11.8 Å². The molecule has 1 atom stereocenters. The van der Waals surface area contributed by atoms with Crippen molar-refractivity contribution in [2.45, 2.75) is 18.9 Å². The number of rotatable bonds is 2. The third kappa shape index (κ3) is 3.69. The summed E-state index contributed by atoms with van der Waals surface area (Å²) in [5, 5.41) is 15.2. The van der Waals surface area contributed by atoms with Gasteiger partial charge in [0, 0.05) is 19.2 Å². The second kappa shape index (κ2) is 7.03. The van der Waals surface area contributed by atoms with Gasteiger partial charge in [-0.3, -0.25) is 4.79 Å². The summed E-state index contributed by atoms with van der Waals surface area (Å²) in [4.78, 5) is 10.7. The molecule has 21 heavy (non-hydrogen) atoms. The minimum atomic E-state index is -0.132. The fourth-order valence-electron chi connectivity index (χ4n) is 2.16. The lowest BCUT2D eigenvalue weighted by Crippen LogP contribution is -2.31. The van der Waals surface area contributed by atoms with Gasteiger partial charge in [-0.05, 0) is 19.4 Å². The van der Waals surface area contributed by atoms with Gasteiger partial charge in [-0.25, -0.2) is 0 Å². The van der Waals surface area contributed by atoms with Gasteiger partial charge in [-0.1, -0.05) is 0 Å². The number of aromatic hydroxyl groups is 1. The molecule has 2 heterocycles. The van der Waals surface area contributed by atoms with Gasteiger partial charge in [0.05, 0.1) is 12.8 Å². The quantitative estimate of drug-likeness (QED) is 0.555. The summed E-state index contributed by atoms with van der Waals surface area (Å²) in [5.41, 5.74) is 0.638. The summed E-state index contributed by atoms with van der Waals surface area (Å²) < 4.78 is 14.7. The van der Waals surface area contributed by atoms with Crippen LogP contribution in [0.5, 0.6) is 17.2 Å². The highest BCUT2D eigenvalue weighted by atomic mass is 16.7. The third-order valence-electron chi connectivity index (χ3n) is 3.31. The van der Waals surface area contributed by atoms with Gasteiger partial charge < -0.3 is 30.0 Å². The number of phenolic OH excluding ortho intramolecular Hbond substituents is 1. The van der Waals surface area contributed by atoms with E-state index in [1.807, 2.05) is 0 Å². The molecule has 0 aliphatic carbocycles. The summed E-state index contributed by atoms with van der Waals surface area (Å²) >= 11 is 0. The number of phenols is 1. The molecule has 2 aliphatic heterocycles. The van der Waals surface area contributed by atoms with E-state index in [0.717, 1.165) is 19.4 Å². The number of fused-ring (bicyclic) bond motifs is 1. The Morgan fingerprint density at radius 1 is 1.43 bits per heavy atom. The summed E-state index contributed by atoms with van der Waals surface area (Å²) in [6, 6.07) is 3.21. The number of benzene rings is 1. The highest BCUT2D eigenvalue weighted by Crippen LogP contribution is 2.39. The number of methoxy groups -OCH3 is 1. The van der Waals surface area contributed by atoms with Crippen molar-refractivity contribution in [3.05, 3.63) is 12.1 Å². The molecule has 116 valence electrons. The zero-order chi connectivity index (χ0) is 15.2. The first-order chi connectivity index (χ1) is 10.2. The molecule has 0 amide bonds. The predicted octanol–water partition coefficient (Wildman–Crippen LogP) is 1.07. The zero-order valence-corrected chi connectivity index (χ0v) is 12.1. The first-order valence-electron chi connectivity index (χ1n) is 6.77. The van der Waals surface area contributed by atoms with Crippen molar-refractivity contribution in [1.29, 1.82) is 0 Å². The number of hydrogen-bond acceptors (Lipinski definition) is 7. The molecule has 3 rings (SSSR count). The summed E-state index contributed by atoms with van der Waals surface area (Å²) in [7, 11) is 3.15. The number of ether oxygens (including phenoxy) is 3. The molecule has 1 saturated heterocycles. The molecule has 0 radical (unpaired) electrons. The number of nitrogens with one attached hydrogen (secondary N) is 2. The van der Waals surface area contributed by atoms with Crippen molar-refractivity contribution >= 4 is 11.7 Å². The molecule has 2 aliphatic rings. The van der Waals surface area contributed by atoms with E-state index in [2.05, 4.69) is 15.4 Å². The molecule has 1 unspecified atom stereocenters. The van der Waals surface area contributed by atoms with Gasteiger partial charge in [-0.15, -0.1) is 0 Å². The minimum absolute atomic E-state index is 0.0324. The van der Waals surface area contributed by atoms with Gasteiger partial charge in [0.25, 0.3) is 0 Å². The first-order valence-corrected chi connectivity index (χ1v) is 6.77. The second-order valence-corrected chi connectivity index (χ2v) is 4.64. The van der Waals surface area contributed by atoms with Crippen molar-refractivity contribution in [1.82, 2.24) is 5.32 Å². The van der Waals surface area contributed by atoms with Crippen LogP contribution in [0.4, 0.5) is 5.69 Å². The first kappa shape index (κ1) is 15.2.